The molecular weight excluding hydrogens is 279 g/mol. The summed E-state index contributed by atoms with van der Waals surface area (Å²) in [5, 5.41) is 12.9. The van der Waals surface area contributed by atoms with E-state index in [9.17, 15) is 18.3 Å². The Morgan fingerprint density at radius 1 is 1.16 bits per heavy atom. The van der Waals surface area contributed by atoms with Gasteiger partial charge in [-0.15, -0.1) is 0 Å². The average Bonchev–Trinajstić information content (AvgIpc) is 2.34. The van der Waals surface area contributed by atoms with E-state index in [1.165, 1.54) is 6.07 Å². The minimum Gasteiger partial charge on any atom is -0.388 e. The van der Waals surface area contributed by atoms with Crippen molar-refractivity contribution in [2.24, 2.45) is 0 Å². The quantitative estimate of drug-likeness (QED) is 0.848. The lowest BCUT2D eigenvalue weighted by Crippen LogP contribution is -2.35. The highest BCUT2D eigenvalue weighted by molar-refractivity contribution is 6.30. The van der Waals surface area contributed by atoms with Gasteiger partial charge in [-0.25, -0.2) is 0 Å². The van der Waals surface area contributed by atoms with Crippen LogP contribution in [0.25, 0.3) is 0 Å². The Labute approximate surface area is 115 Å². The van der Waals surface area contributed by atoms with Crippen LogP contribution >= 0.6 is 11.6 Å². The summed E-state index contributed by atoms with van der Waals surface area (Å²) >= 11 is 5.67. The molecule has 2 N–H and O–H groups in total. The maximum absolute atomic E-state index is 12.6. The van der Waals surface area contributed by atoms with Crippen molar-refractivity contribution in [1.82, 2.24) is 0 Å². The van der Waals surface area contributed by atoms with Crippen LogP contribution in [-0.4, -0.2) is 17.3 Å². The summed E-state index contributed by atoms with van der Waals surface area (Å²) < 4.78 is 37.9. The fourth-order valence-corrected chi connectivity index (χ4v) is 1.86. The van der Waals surface area contributed by atoms with Gasteiger partial charge in [-0.3, -0.25) is 0 Å². The first-order valence-corrected chi connectivity index (χ1v) is 6.42. The fourth-order valence-electron chi connectivity index (χ4n) is 1.62. The van der Waals surface area contributed by atoms with Gasteiger partial charge in [0.2, 0.25) is 0 Å². The molecule has 0 amide bonds. The van der Waals surface area contributed by atoms with E-state index in [2.05, 4.69) is 5.32 Å². The normalized spacial score (nSPS) is 12.6. The maximum atomic E-state index is 12.6. The summed E-state index contributed by atoms with van der Waals surface area (Å²) in [7, 11) is 0. The van der Waals surface area contributed by atoms with Crippen LogP contribution in [0.1, 0.15) is 32.3 Å². The van der Waals surface area contributed by atoms with Crippen molar-refractivity contribution in [3.8, 4) is 0 Å². The second kappa shape index (κ2) is 6.01. The molecule has 0 aromatic heterocycles. The van der Waals surface area contributed by atoms with Gasteiger partial charge in [-0.2, -0.15) is 13.2 Å². The molecule has 6 heteroatoms. The van der Waals surface area contributed by atoms with E-state index >= 15 is 0 Å². The Bertz CT molecular complexity index is 430. The largest absolute Gasteiger partial charge is 0.416 e. The molecule has 0 aliphatic rings. The summed E-state index contributed by atoms with van der Waals surface area (Å²) in [5.41, 5.74) is -1.49. The molecule has 19 heavy (non-hydrogen) atoms. The van der Waals surface area contributed by atoms with Gasteiger partial charge >= 0.3 is 6.18 Å². The lowest BCUT2D eigenvalue weighted by Gasteiger charge is -2.26. The van der Waals surface area contributed by atoms with Crippen molar-refractivity contribution in [1.29, 1.82) is 0 Å². The summed E-state index contributed by atoms with van der Waals surface area (Å²) in [6, 6.07) is 3.26. The Hall–Kier alpha value is -0.940. The van der Waals surface area contributed by atoms with Crippen molar-refractivity contribution in [2.45, 2.75) is 38.5 Å². The molecule has 0 spiro atoms. The zero-order valence-corrected chi connectivity index (χ0v) is 11.6. The number of aliphatic hydroxyl groups is 1. The van der Waals surface area contributed by atoms with Crippen LogP contribution in [0.5, 0.6) is 0 Å². The number of halogens is 4. The highest BCUT2D eigenvalue weighted by Crippen LogP contribution is 2.33. The SMILES string of the molecule is CCC(O)(CC)CNc1cc(Cl)cc(C(F)(F)F)c1. The molecule has 0 heterocycles. The van der Waals surface area contributed by atoms with Gasteiger partial charge in [-0.1, -0.05) is 25.4 Å². The van der Waals surface area contributed by atoms with Gasteiger partial charge in [0.25, 0.3) is 0 Å². The van der Waals surface area contributed by atoms with Crippen LogP contribution in [0, 0.1) is 0 Å². The van der Waals surface area contributed by atoms with Crippen LogP contribution in [-0.2, 0) is 6.18 Å². The second-order valence-electron chi connectivity index (χ2n) is 4.51. The molecule has 0 saturated heterocycles. The van der Waals surface area contributed by atoms with E-state index in [4.69, 9.17) is 11.6 Å². The molecule has 108 valence electrons. The first-order chi connectivity index (χ1) is 8.70. The van der Waals surface area contributed by atoms with Crippen molar-refractivity contribution < 1.29 is 18.3 Å². The molecule has 0 aliphatic heterocycles. The smallest absolute Gasteiger partial charge is 0.388 e. The number of hydrogen-bond acceptors (Lipinski definition) is 2. The third-order valence-corrected chi connectivity index (χ3v) is 3.38. The Kier molecular flexibility index (Phi) is 5.10. The molecule has 2 nitrogen and oxygen atoms in total. The monoisotopic (exact) mass is 295 g/mol. The molecule has 0 atom stereocenters. The number of alkyl halides is 3. The molecule has 1 aromatic rings. The van der Waals surface area contributed by atoms with E-state index in [0.29, 0.717) is 12.8 Å². The van der Waals surface area contributed by atoms with E-state index in [1.807, 2.05) is 13.8 Å². The zero-order chi connectivity index (χ0) is 14.7. The molecule has 0 aliphatic carbocycles. The van der Waals surface area contributed by atoms with E-state index in [-0.39, 0.29) is 17.3 Å². The molecule has 0 unspecified atom stereocenters. The zero-order valence-electron chi connectivity index (χ0n) is 10.8. The van der Waals surface area contributed by atoms with Crippen molar-refractivity contribution in [3.05, 3.63) is 28.8 Å². The van der Waals surface area contributed by atoms with E-state index < -0.39 is 17.3 Å². The third-order valence-electron chi connectivity index (χ3n) is 3.16. The van der Waals surface area contributed by atoms with Crippen molar-refractivity contribution >= 4 is 17.3 Å². The maximum Gasteiger partial charge on any atom is 0.416 e. The lowest BCUT2D eigenvalue weighted by atomic mass is 9.97. The second-order valence-corrected chi connectivity index (χ2v) is 4.95. The van der Waals surface area contributed by atoms with Gasteiger partial charge in [0.15, 0.2) is 0 Å². The van der Waals surface area contributed by atoms with Crippen molar-refractivity contribution in [2.75, 3.05) is 11.9 Å². The van der Waals surface area contributed by atoms with Crippen LogP contribution in [0.4, 0.5) is 18.9 Å². The molecule has 0 fully saturated rings. The Balaban J connectivity index is 2.88. The van der Waals surface area contributed by atoms with Gasteiger partial charge in [-0.05, 0) is 31.0 Å². The average molecular weight is 296 g/mol. The topological polar surface area (TPSA) is 32.3 Å². The van der Waals surface area contributed by atoms with E-state index in [1.54, 1.807) is 0 Å². The minimum absolute atomic E-state index is 0.00821. The highest BCUT2D eigenvalue weighted by Gasteiger charge is 2.31. The molecule has 0 radical (unpaired) electrons. The lowest BCUT2D eigenvalue weighted by molar-refractivity contribution is -0.137. The summed E-state index contributed by atoms with van der Waals surface area (Å²) in [6.07, 6.45) is -3.40. The van der Waals surface area contributed by atoms with Crippen molar-refractivity contribution in [3.63, 3.8) is 0 Å². The number of rotatable bonds is 5. The van der Waals surface area contributed by atoms with Crippen LogP contribution in [0.2, 0.25) is 5.02 Å². The highest BCUT2D eigenvalue weighted by atomic mass is 35.5. The minimum atomic E-state index is -4.44. The first kappa shape index (κ1) is 16.1. The molecule has 1 aromatic carbocycles. The van der Waals surface area contributed by atoms with Gasteiger partial charge < -0.3 is 10.4 Å². The Morgan fingerprint density at radius 2 is 1.74 bits per heavy atom. The van der Waals surface area contributed by atoms with Crippen LogP contribution < -0.4 is 5.32 Å². The molecular formula is C13H17ClF3NO. The number of benzene rings is 1. The number of hydrogen-bond donors (Lipinski definition) is 2. The fraction of sp³-hybridized carbons (Fsp3) is 0.538. The first-order valence-electron chi connectivity index (χ1n) is 6.04. The molecule has 0 saturated carbocycles. The molecule has 1 rings (SSSR count). The summed E-state index contributed by atoms with van der Waals surface area (Å²) in [4.78, 5) is 0. The van der Waals surface area contributed by atoms with Gasteiger partial charge in [0.05, 0.1) is 11.2 Å². The molecule has 0 bridgehead atoms. The standard InChI is InChI=1S/C13H17ClF3NO/c1-3-12(19,4-2)8-18-11-6-9(13(15,16)17)5-10(14)7-11/h5-7,18-19H,3-4,8H2,1-2H3. The Morgan fingerprint density at radius 3 is 2.21 bits per heavy atom. The number of anilines is 1. The third kappa shape index (κ3) is 4.58. The van der Waals surface area contributed by atoms with E-state index in [0.717, 1.165) is 12.1 Å². The predicted molar refractivity (Wildman–Crippen MR) is 70.5 cm³/mol. The van der Waals surface area contributed by atoms with Gasteiger partial charge in [0, 0.05) is 17.3 Å². The number of nitrogens with one attached hydrogen (secondary N) is 1. The van der Waals surface area contributed by atoms with Crippen LogP contribution in [0.15, 0.2) is 18.2 Å². The summed E-state index contributed by atoms with van der Waals surface area (Å²) in [6.45, 7) is 3.83. The van der Waals surface area contributed by atoms with Gasteiger partial charge in [0.1, 0.15) is 0 Å². The summed E-state index contributed by atoms with van der Waals surface area (Å²) in [5.74, 6) is 0. The van der Waals surface area contributed by atoms with Crippen LogP contribution in [0.3, 0.4) is 0 Å². The predicted octanol–water partition coefficient (Wildman–Crippen LogP) is 4.32.